The van der Waals surface area contributed by atoms with Gasteiger partial charge in [-0.05, 0) is 30.7 Å². The topological polar surface area (TPSA) is 87.3 Å². The molecule has 7 nitrogen and oxygen atoms in total. The van der Waals surface area contributed by atoms with Gasteiger partial charge in [0.1, 0.15) is 11.4 Å². The molecule has 7 heteroatoms. The highest BCUT2D eigenvalue weighted by atomic mass is 16.5. The molecule has 144 valence electrons. The molecular weight excluding hydrogens is 356 g/mol. The number of H-pyrrole nitrogens is 1. The quantitative estimate of drug-likeness (QED) is 0.725. The molecule has 0 saturated carbocycles. The smallest absolute Gasteiger partial charge is 0.261 e. The number of morpholine rings is 1. The van der Waals surface area contributed by atoms with Gasteiger partial charge in [0.15, 0.2) is 0 Å². The molecule has 1 aromatic carbocycles. The number of anilines is 1. The summed E-state index contributed by atoms with van der Waals surface area (Å²) in [6, 6.07) is 13.2. The van der Waals surface area contributed by atoms with E-state index < -0.39 is 5.91 Å². The maximum atomic E-state index is 12.7. The van der Waals surface area contributed by atoms with E-state index in [1.807, 2.05) is 42.5 Å². The largest absolute Gasteiger partial charge is 0.378 e. The van der Waals surface area contributed by atoms with Crippen LogP contribution >= 0.6 is 0 Å². The molecule has 1 saturated heterocycles. The van der Waals surface area contributed by atoms with Gasteiger partial charge in [0.25, 0.3) is 11.5 Å². The van der Waals surface area contributed by atoms with Gasteiger partial charge in [-0.25, -0.2) is 4.98 Å². The van der Waals surface area contributed by atoms with Crippen LogP contribution in [-0.2, 0) is 11.3 Å². The number of amides is 1. The first-order valence-electron chi connectivity index (χ1n) is 9.32. The Morgan fingerprint density at radius 2 is 1.96 bits per heavy atom. The monoisotopic (exact) mass is 378 g/mol. The first-order chi connectivity index (χ1) is 13.6. The number of hydrogen-bond donors (Lipinski definition) is 2. The Balaban J connectivity index is 1.52. The number of carbonyl (C=O) groups excluding carboxylic acids is 1. The summed E-state index contributed by atoms with van der Waals surface area (Å²) in [7, 11) is 0. The van der Waals surface area contributed by atoms with Crippen LogP contribution in [0.3, 0.4) is 0 Å². The number of nitrogens with zero attached hydrogens (tertiary/aromatic N) is 2. The summed E-state index contributed by atoms with van der Waals surface area (Å²) in [5, 5.41) is 3.69. The van der Waals surface area contributed by atoms with E-state index in [1.54, 1.807) is 6.92 Å². The zero-order chi connectivity index (χ0) is 19.5. The van der Waals surface area contributed by atoms with Crippen molar-refractivity contribution in [3.8, 4) is 0 Å². The van der Waals surface area contributed by atoms with Gasteiger partial charge in [-0.2, -0.15) is 0 Å². The molecule has 4 rings (SSSR count). The van der Waals surface area contributed by atoms with E-state index in [2.05, 4.69) is 20.2 Å². The van der Waals surface area contributed by atoms with E-state index in [1.165, 1.54) is 0 Å². The summed E-state index contributed by atoms with van der Waals surface area (Å²) in [5.74, 6) is 0.470. The lowest BCUT2D eigenvalue weighted by atomic mass is 10.0. The first kappa shape index (κ1) is 18.2. The third-order valence-corrected chi connectivity index (χ3v) is 4.97. The van der Waals surface area contributed by atoms with E-state index in [-0.39, 0.29) is 17.7 Å². The van der Waals surface area contributed by atoms with Crippen LogP contribution in [0.25, 0.3) is 10.9 Å². The van der Waals surface area contributed by atoms with Gasteiger partial charge < -0.3 is 19.9 Å². The first-order valence-corrected chi connectivity index (χ1v) is 9.32. The predicted molar refractivity (Wildman–Crippen MR) is 108 cm³/mol. The lowest BCUT2D eigenvalue weighted by Gasteiger charge is -2.28. The SMILES string of the molecule is Cc1c(C(=O)NCc2cccc(N3CCOCC3)n2)c(=O)[nH]c2ccccc12. The molecule has 0 bridgehead atoms. The number of pyridine rings is 2. The number of rotatable bonds is 4. The van der Waals surface area contributed by atoms with Crippen molar-refractivity contribution in [2.45, 2.75) is 13.5 Å². The number of aromatic amines is 1. The number of aryl methyl sites for hydroxylation is 1. The Labute approximate surface area is 162 Å². The van der Waals surface area contributed by atoms with Gasteiger partial charge >= 0.3 is 0 Å². The minimum Gasteiger partial charge on any atom is -0.378 e. The number of aromatic nitrogens is 2. The van der Waals surface area contributed by atoms with Gasteiger partial charge in [0.05, 0.1) is 25.5 Å². The zero-order valence-corrected chi connectivity index (χ0v) is 15.7. The number of ether oxygens (including phenoxy) is 1. The van der Waals surface area contributed by atoms with Crippen molar-refractivity contribution in [1.82, 2.24) is 15.3 Å². The van der Waals surface area contributed by atoms with Crippen molar-refractivity contribution in [3.63, 3.8) is 0 Å². The molecule has 0 unspecified atom stereocenters. The van der Waals surface area contributed by atoms with E-state index in [9.17, 15) is 9.59 Å². The van der Waals surface area contributed by atoms with E-state index >= 15 is 0 Å². The van der Waals surface area contributed by atoms with Crippen LogP contribution in [0.2, 0.25) is 0 Å². The number of para-hydroxylation sites is 1. The molecule has 0 atom stereocenters. The molecule has 0 aliphatic carbocycles. The summed E-state index contributed by atoms with van der Waals surface area (Å²) >= 11 is 0. The predicted octanol–water partition coefficient (Wildman–Crippen LogP) is 2.00. The molecule has 0 spiro atoms. The maximum Gasteiger partial charge on any atom is 0.261 e. The van der Waals surface area contributed by atoms with Gasteiger partial charge in [0, 0.05) is 24.0 Å². The number of carbonyl (C=O) groups is 1. The number of fused-ring (bicyclic) bond motifs is 1. The van der Waals surface area contributed by atoms with Crippen molar-refractivity contribution in [1.29, 1.82) is 0 Å². The van der Waals surface area contributed by atoms with Crippen molar-refractivity contribution in [2.75, 3.05) is 31.2 Å². The third-order valence-electron chi connectivity index (χ3n) is 4.97. The molecule has 0 radical (unpaired) electrons. The van der Waals surface area contributed by atoms with Crippen molar-refractivity contribution in [2.24, 2.45) is 0 Å². The molecule has 2 N–H and O–H groups in total. The highest BCUT2D eigenvalue weighted by Crippen LogP contribution is 2.17. The minimum absolute atomic E-state index is 0.142. The van der Waals surface area contributed by atoms with Gasteiger partial charge in [-0.3, -0.25) is 9.59 Å². The molecule has 1 aliphatic rings. The fourth-order valence-corrected chi connectivity index (χ4v) is 3.48. The van der Waals surface area contributed by atoms with E-state index in [0.29, 0.717) is 18.8 Å². The highest BCUT2D eigenvalue weighted by Gasteiger charge is 2.17. The molecule has 1 amide bonds. The molecule has 3 heterocycles. The van der Waals surface area contributed by atoms with Crippen molar-refractivity contribution < 1.29 is 9.53 Å². The zero-order valence-electron chi connectivity index (χ0n) is 15.7. The van der Waals surface area contributed by atoms with Gasteiger partial charge in [-0.15, -0.1) is 0 Å². The molecule has 28 heavy (non-hydrogen) atoms. The molecule has 1 fully saturated rings. The van der Waals surface area contributed by atoms with Crippen LogP contribution < -0.4 is 15.8 Å². The lowest BCUT2D eigenvalue weighted by molar-refractivity contribution is 0.0948. The van der Waals surface area contributed by atoms with E-state index in [0.717, 1.165) is 35.5 Å². The molecule has 1 aliphatic heterocycles. The fraction of sp³-hybridized carbons (Fsp3) is 0.286. The van der Waals surface area contributed by atoms with Gasteiger partial charge in [-0.1, -0.05) is 24.3 Å². The Hall–Kier alpha value is -3.19. The molecule has 3 aromatic rings. The summed E-state index contributed by atoms with van der Waals surface area (Å²) < 4.78 is 5.37. The average molecular weight is 378 g/mol. The molecule has 2 aromatic heterocycles. The van der Waals surface area contributed by atoms with E-state index in [4.69, 9.17) is 4.74 Å². The van der Waals surface area contributed by atoms with Crippen molar-refractivity contribution in [3.05, 3.63) is 69.6 Å². The van der Waals surface area contributed by atoms with Crippen LogP contribution in [0.4, 0.5) is 5.82 Å². The van der Waals surface area contributed by atoms with Crippen LogP contribution in [0.15, 0.2) is 47.3 Å². The summed E-state index contributed by atoms with van der Waals surface area (Å²) in [4.78, 5) is 34.7. The third kappa shape index (κ3) is 3.61. The second kappa shape index (κ2) is 7.82. The number of nitrogens with one attached hydrogen (secondary N) is 2. The number of hydrogen-bond acceptors (Lipinski definition) is 5. The lowest BCUT2D eigenvalue weighted by Crippen LogP contribution is -2.37. The Bertz CT molecular complexity index is 1070. The second-order valence-corrected chi connectivity index (χ2v) is 6.77. The second-order valence-electron chi connectivity index (χ2n) is 6.77. The average Bonchev–Trinajstić information content (AvgIpc) is 2.73. The summed E-state index contributed by atoms with van der Waals surface area (Å²) in [6.07, 6.45) is 0. The Kier molecular flexibility index (Phi) is 5.08. The van der Waals surface area contributed by atoms with Crippen LogP contribution in [-0.4, -0.2) is 42.2 Å². The molecular formula is C21H22N4O3. The summed E-state index contributed by atoms with van der Waals surface area (Å²) in [6.45, 7) is 5.02. The highest BCUT2D eigenvalue weighted by molar-refractivity contribution is 5.99. The van der Waals surface area contributed by atoms with Crippen LogP contribution in [0, 0.1) is 6.92 Å². The number of benzene rings is 1. The van der Waals surface area contributed by atoms with Crippen LogP contribution in [0.5, 0.6) is 0 Å². The summed E-state index contributed by atoms with van der Waals surface area (Å²) in [5.41, 5.74) is 1.90. The Morgan fingerprint density at radius 3 is 2.79 bits per heavy atom. The normalized spacial score (nSPS) is 14.2. The van der Waals surface area contributed by atoms with Gasteiger partial charge in [0.2, 0.25) is 0 Å². The fourth-order valence-electron chi connectivity index (χ4n) is 3.48. The maximum absolute atomic E-state index is 12.7. The Morgan fingerprint density at radius 1 is 1.18 bits per heavy atom. The standard InChI is InChI=1S/C21H22N4O3/c1-14-16-6-2-3-7-17(16)24-21(27)19(14)20(26)22-13-15-5-4-8-18(23-15)25-9-11-28-12-10-25/h2-8H,9-13H2,1H3,(H,22,26)(H,24,27). The van der Waals surface area contributed by atoms with Crippen molar-refractivity contribution >= 4 is 22.6 Å². The van der Waals surface area contributed by atoms with Crippen LogP contribution in [0.1, 0.15) is 21.6 Å². The minimum atomic E-state index is -0.400.